The summed E-state index contributed by atoms with van der Waals surface area (Å²) in [6.45, 7) is 0. The number of hydrogen-bond donors (Lipinski definition) is 1. The Kier molecular flexibility index (Phi) is 2.56. The maximum Gasteiger partial charge on any atom is 0.0540 e. The number of hydrogen-bond acceptors (Lipinski definition) is 3. The van der Waals surface area contributed by atoms with Crippen molar-refractivity contribution in [3.63, 3.8) is 0 Å². The predicted molar refractivity (Wildman–Crippen MR) is 55.7 cm³/mol. The molecule has 1 heterocycles. The summed E-state index contributed by atoms with van der Waals surface area (Å²) in [5.41, 5.74) is 6.18. The Bertz CT molecular complexity index is 316. The number of nitrogens with zero attached hydrogens (tertiary/aromatic N) is 3. The van der Waals surface area contributed by atoms with E-state index >= 15 is 0 Å². The van der Waals surface area contributed by atoms with Gasteiger partial charge in [0.25, 0.3) is 0 Å². The third-order valence-corrected chi connectivity index (χ3v) is 2.79. The molecule has 0 radical (unpaired) electrons. The summed E-state index contributed by atoms with van der Waals surface area (Å²) < 4.78 is 2.00. The lowest BCUT2D eigenvalue weighted by atomic mass is 9.93. The van der Waals surface area contributed by atoms with Crippen LogP contribution in [0.2, 0.25) is 0 Å². The van der Waals surface area contributed by atoms with Crippen LogP contribution in [0.3, 0.4) is 0 Å². The van der Waals surface area contributed by atoms with Crippen LogP contribution in [0.15, 0.2) is 6.20 Å². The normalized spacial score (nSPS) is 21.3. The number of hydrazine groups is 1. The first-order valence-electron chi connectivity index (χ1n) is 5.12. The largest absolute Gasteiger partial charge is 0.272 e. The standard InChI is InChI=1S/C10H18N4/c1-13(2)12-9-5-4-6-10-8(9)7-11-14(10)3/h7,9,12H,4-6H2,1-3H3. The van der Waals surface area contributed by atoms with Gasteiger partial charge in [0, 0.05) is 38.4 Å². The molecule has 4 nitrogen and oxygen atoms in total. The van der Waals surface area contributed by atoms with Gasteiger partial charge in [0.15, 0.2) is 0 Å². The van der Waals surface area contributed by atoms with Gasteiger partial charge in [0.05, 0.1) is 6.20 Å². The lowest BCUT2D eigenvalue weighted by Gasteiger charge is -2.26. The first-order chi connectivity index (χ1) is 6.68. The predicted octanol–water partition coefficient (Wildman–Crippen LogP) is 0.864. The molecule has 1 unspecified atom stereocenters. The second kappa shape index (κ2) is 3.71. The van der Waals surface area contributed by atoms with E-state index in [1.54, 1.807) is 0 Å². The van der Waals surface area contributed by atoms with Gasteiger partial charge in [0.2, 0.25) is 0 Å². The summed E-state index contributed by atoms with van der Waals surface area (Å²) >= 11 is 0. The van der Waals surface area contributed by atoms with E-state index in [-0.39, 0.29) is 0 Å². The highest BCUT2D eigenvalue weighted by Crippen LogP contribution is 2.28. The Balaban J connectivity index is 2.22. The summed E-state index contributed by atoms with van der Waals surface area (Å²) in [6.07, 6.45) is 5.61. The molecule has 1 aliphatic carbocycles. The number of nitrogens with one attached hydrogen (secondary N) is 1. The second-order valence-electron chi connectivity index (χ2n) is 4.14. The fraction of sp³-hybridized carbons (Fsp3) is 0.700. The highest BCUT2D eigenvalue weighted by Gasteiger charge is 2.23. The van der Waals surface area contributed by atoms with E-state index < -0.39 is 0 Å². The molecule has 0 bridgehead atoms. The van der Waals surface area contributed by atoms with Crippen molar-refractivity contribution in [1.82, 2.24) is 20.2 Å². The van der Waals surface area contributed by atoms with Crippen molar-refractivity contribution in [3.05, 3.63) is 17.5 Å². The summed E-state index contributed by atoms with van der Waals surface area (Å²) in [7, 11) is 6.09. The van der Waals surface area contributed by atoms with Crippen LogP contribution in [0.25, 0.3) is 0 Å². The summed E-state index contributed by atoms with van der Waals surface area (Å²) in [6, 6.07) is 0.447. The zero-order chi connectivity index (χ0) is 10.1. The van der Waals surface area contributed by atoms with Crippen molar-refractivity contribution in [1.29, 1.82) is 0 Å². The van der Waals surface area contributed by atoms with Gasteiger partial charge < -0.3 is 0 Å². The van der Waals surface area contributed by atoms with Crippen molar-refractivity contribution in [3.8, 4) is 0 Å². The van der Waals surface area contributed by atoms with Gasteiger partial charge in [-0.1, -0.05) is 0 Å². The van der Waals surface area contributed by atoms with Crippen LogP contribution in [-0.2, 0) is 13.5 Å². The van der Waals surface area contributed by atoms with E-state index in [0.29, 0.717) is 6.04 Å². The van der Waals surface area contributed by atoms with Gasteiger partial charge >= 0.3 is 0 Å². The molecular formula is C10H18N4. The molecule has 1 aliphatic rings. The number of fused-ring (bicyclic) bond motifs is 1. The van der Waals surface area contributed by atoms with Gasteiger partial charge in [-0.15, -0.1) is 0 Å². The van der Waals surface area contributed by atoms with Crippen molar-refractivity contribution in [2.45, 2.75) is 25.3 Å². The van der Waals surface area contributed by atoms with E-state index in [4.69, 9.17) is 0 Å². The molecule has 0 saturated heterocycles. The van der Waals surface area contributed by atoms with Crippen LogP contribution in [0.5, 0.6) is 0 Å². The SMILES string of the molecule is CN(C)NC1CCCc2c1cnn2C. The molecule has 0 amide bonds. The van der Waals surface area contributed by atoms with Crippen LogP contribution >= 0.6 is 0 Å². The molecule has 14 heavy (non-hydrogen) atoms. The molecule has 2 rings (SSSR count). The van der Waals surface area contributed by atoms with Gasteiger partial charge in [0.1, 0.15) is 0 Å². The van der Waals surface area contributed by atoms with Crippen molar-refractivity contribution >= 4 is 0 Å². The highest BCUT2D eigenvalue weighted by atomic mass is 15.5. The lowest BCUT2D eigenvalue weighted by molar-refractivity contribution is 0.227. The molecule has 0 fully saturated rings. The topological polar surface area (TPSA) is 33.1 Å². The smallest absolute Gasteiger partial charge is 0.0540 e. The minimum absolute atomic E-state index is 0.447. The quantitative estimate of drug-likeness (QED) is 0.709. The Morgan fingerprint density at radius 1 is 1.57 bits per heavy atom. The third-order valence-electron chi connectivity index (χ3n) is 2.79. The molecular weight excluding hydrogens is 176 g/mol. The Labute approximate surface area is 84.9 Å². The zero-order valence-electron chi connectivity index (χ0n) is 9.12. The van der Waals surface area contributed by atoms with Gasteiger partial charge in [-0.25, -0.2) is 5.43 Å². The van der Waals surface area contributed by atoms with Crippen LogP contribution in [0, 0.1) is 0 Å². The average molecular weight is 194 g/mol. The molecule has 4 heteroatoms. The number of rotatable bonds is 2. The molecule has 1 aromatic rings. The Morgan fingerprint density at radius 2 is 2.36 bits per heavy atom. The first-order valence-corrected chi connectivity index (χ1v) is 5.12. The molecule has 0 saturated carbocycles. The fourth-order valence-electron chi connectivity index (χ4n) is 2.15. The number of aryl methyl sites for hydroxylation is 1. The number of aromatic nitrogens is 2. The molecule has 1 atom stereocenters. The molecule has 0 aromatic carbocycles. The van der Waals surface area contributed by atoms with Crippen LogP contribution in [-0.4, -0.2) is 28.9 Å². The molecule has 1 aromatic heterocycles. The summed E-state index contributed by atoms with van der Waals surface area (Å²) in [5.74, 6) is 0. The van der Waals surface area contributed by atoms with E-state index in [1.165, 1.54) is 24.1 Å². The molecule has 1 N–H and O–H groups in total. The van der Waals surface area contributed by atoms with Gasteiger partial charge in [-0.05, 0) is 19.3 Å². The van der Waals surface area contributed by atoms with Gasteiger partial charge in [-0.2, -0.15) is 5.10 Å². The van der Waals surface area contributed by atoms with Gasteiger partial charge in [-0.3, -0.25) is 9.69 Å². The Morgan fingerprint density at radius 3 is 3.07 bits per heavy atom. The van der Waals surface area contributed by atoms with Crippen molar-refractivity contribution < 1.29 is 0 Å². The molecule has 78 valence electrons. The lowest BCUT2D eigenvalue weighted by Crippen LogP contribution is -2.35. The van der Waals surface area contributed by atoms with E-state index in [9.17, 15) is 0 Å². The summed E-state index contributed by atoms with van der Waals surface area (Å²) in [5, 5.41) is 6.33. The molecule has 0 spiro atoms. The monoisotopic (exact) mass is 194 g/mol. The van der Waals surface area contributed by atoms with E-state index in [1.807, 2.05) is 37.0 Å². The first kappa shape index (κ1) is 9.68. The fourth-order valence-corrected chi connectivity index (χ4v) is 2.15. The highest BCUT2D eigenvalue weighted by molar-refractivity contribution is 5.24. The second-order valence-corrected chi connectivity index (χ2v) is 4.14. The minimum atomic E-state index is 0.447. The minimum Gasteiger partial charge on any atom is -0.272 e. The Hall–Kier alpha value is -0.870. The maximum absolute atomic E-state index is 4.31. The summed E-state index contributed by atoms with van der Waals surface area (Å²) in [4.78, 5) is 0. The van der Waals surface area contributed by atoms with Crippen molar-refractivity contribution in [2.24, 2.45) is 7.05 Å². The van der Waals surface area contributed by atoms with Crippen molar-refractivity contribution in [2.75, 3.05) is 14.1 Å². The van der Waals surface area contributed by atoms with Crippen LogP contribution in [0.1, 0.15) is 30.1 Å². The maximum atomic E-state index is 4.31. The average Bonchev–Trinajstić information content (AvgIpc) is 2.49. The zero-order valence-corrected chi connectivity index (χ0v) is 9.12. The van der Waals surface area contributed by atoms with E-state index in [2.05, 4.69) is 10.5 Å². The van der Waals surface area contributed by atoms with E-state index in [0.717, 1.165) is 6.42 Å². The molecule has 0 aliphatic heterocycles. The van der Waals surface area contributed by atoms with Crippen LogP contribution in [0.4, 0.5) is 0 Å². The van der Waals surface area contributed by atoms with Crippen LogP contribution < -0.4 is 5.43 Å². The third kappa shape index (κ3) is 1.67.